The molecule has 0 spiro atoms. The molecule has 0 heterocycles. The highest BCUT2D eigenvalue weighted by molar-refractivity contribution is 4.81. The van der Waals surface area contributed by atoms with E-state index in [1.165, 1.54) is 0 Å². The standard InChI is InChI=1S/2C4H2F8/c2*5-1(3(7,8)9)2(6)4(10,11)12/h2*1-2H. The fraction of sp³-hybridized carbons (Fsp3) is 1.00. The van der Waals surface area contributed by atoms with Crippen LogP contribution in [0.5, 0.6) is 0 Å². The highest BCUT2D eigenvalue weighted by atomic mass is 19.4. The summed E-state index contributed by atoms with van der Waals surface area (Å²) in [5, 5.41) is 0. The fourth-order valence-corrected chi connectivity index (χ4v) is 0.664. The average Bonchev–Trinajstić information content (AvgIpc) is 2.31. The lowest BCUT2D eigenvalue weighted by atomic mass is 10.2. The van der Waals surface area contributed by atoms with Crippen molar-refractivity contribution in [1.29, 1.82) is 0 Å². The van der Waals surface area contributed by atoms with Gasteiger partial charge in [-0.1, -0.05) is 0 Å². The molecule has 0 N–H and O–H groups in total. The van der Waals surface area contributed by atoms with Gasteiger partial charge in [0, 0.05) is 0 Å². The summed E-state index contributed by atoms with van der Waals surface area (Å²) in [5.41, 5.74) is 0. The Kier molecular flexibility index (Phi) is 8.21. The molecule has 0 aliphatic rings. The van der Waals surface area contributed by atoms with Crippen LogP contribution in [0.3, 0.4) is 0 Å². The lowest BCUT2D eigenvalue weighted by Gasteiger charge is -2.18. The van der Waals surface area contributed by atoms with Crippen LogP contribution >= 0.6 is 0 Å². The summed E-state index contributed by atoms with van der Waals surface area (Å²) in [5.74, 6) is 0. The third-order valence-corrected chi connectivity index (χ3v) is 1.76. The summed E-state index contributed by atoms with van der Waals surface area (Å²) in [6.07, 6.45) is -41.4. The molecule has 4 atom stereocenters. The zero-order chi connectivity index (χ0) is 20.3. The first-order chi connectivity index (χ1) is 10.1. The number of hydrogen-bond acceptors (Lipinski definition) is 0. The van der Waals surface area contributed by atoms with Gasteiger partial charge in [0.05, 0.1) is 0 Å². The Labute approximate surface area is 121 Å². The van der Waals surface area contributed by atoms with E-state index in [-0.39, 0.29) is 0 Å². The van der Waals surface area contributed by atoms with Gasteiger partial charge in [0.25, 0.3) is 0 Å². The van der Waals surface area contributed by atoms with Crippen LogP contribution in [0.25, 0.3) is 0 Å². The van der Waals surface area contributed by atoms with Crippen LogP contribution in [0.1, 0.15) is 0 Å². The molecule has 148 valence electrons. The van der Waals surface area contributed by atoms with Gasteiger partial charge in [-0.15, -0.1) is 0 Å². The predicted octanol–water partition coefficient (Wildman–Crippen LogP) is 5.57. The summed E-state index contributed by atoms with van der Waals surface area (Å²) in [4.78, 5) is 0. The third kappa shape index (κ3) is 8.65. The number of hydrogen-bond donors (Lipinski definition) is 0. The number of alkyl halides is 16. The molecule has 0 aliphatic heterocycles. The normalized spacial score (nSPS) is 19.0. The summed E-state index contributed by atoms with van der Waals surface area (Å²) in [7, 11) is 0. The van der Waals surface area contributed by atoms with Gasteiger partial charge in [0.1, 0.15) is 0 Å². The first-order valence-corrected chi connectivity index (χ1v) is 4.96. The zero-order valence-corrected chi connectivity index (χ0v) is 10.4. The smallest absolute Gasteiger partial charge is 0.234 e. The van der Waals surface area contributed by atoms with E-state index in [0.29, 0.717) is 0 Å². The molecule has 0 bridgehead atoms. The van der Waals surface area contributed by atoms with Gasteiger partial charge in [-0.05, 0) is 0 Å². The SMILES string of the molecule is FC(C(F)C(F)(F)F)C(F)(F)F.FC(C(F)C(F)(F)F)C(F)(F)F. The van der Waals surface area contributed by atoms with Crippen LogP contribution in [0.4, 0.5) is 70.2 Å². The van der Waals surface area contributed by atoms with Crippen molar-refractivity contribution < 1.29 is 70.2 Å². The van der Waals surface area contributed by atoms with Crippen molar-refractivity contribution in [3.8, 4) is 0 Å². The summed E-state index contributed by atoms with van der Waals surface area (Å²) in [6.45, 7) is 0. The van der Waals surface area contributed by atoms with Gasteiger partial charge in [0.15, 0.2) is 0 Å². The van der Waals surface area contributed by atoms with E-state index in [2.05, 4.69) is 0 Å². The lowest BCUT2D eigenvalue weighted by molar-refractivity contribution is -0.258. The largest absolute Gasteiger partial charge is 0.422 e. The van der Waals surface area contributed by atoms with E-state index in [0.717, 1.165) is 0 Å². The molecule has 0 aliphatic carbocycles. The molecular weight excluding hydrogens is 400 g/mol. The van der Waals surface area contributed by atoms with E-state index in [4.69, 9.17) is 0 Å². The van der Waals surface area contributed by atoms with Crippen molar-refractivity contribution >= 4 is 0 Å². The molecule has 0 nitrogen and oxygen atoms in total. The molecule has 0 saturated heterocycles. The van der Waals surface area contributed by atoms with E-state index >= 15 is 0 Å². The maximum atomic E-state index is 11.6. The average molecular weight is 404 g/mol. The van der Waals surface area contributed by atoms with E-state index in [1.54, 1.807) is 0 Å². The Morgan fingerprint density at radius 3 is 0.417 bits per heavy atom. The first-order valence-electron chi connectivity index (χ1n) is 4.96. The Balaban J connectivity index is 0. The Morgan fingerprint density at radius 1 is 0.292 bits per heavy atom. The van der Waals surface area contributed by atoms with Crippen LogP contribution < -0.4 is 0 Å². The van der Waals surface area contributed by atoms with Crippen LogP contribution in [0.15, 0.2) is 0 Å². The maximum Gasteiger partial charge on any atom is 0.422 e. The minimum atomic E-state index is -5.82. The Hall–Kier alpha value is -1.12. The van der Waals surface area contributed by atoms with Crippen LogP contribution in [0, 0.1) is 0 Å². The van der Waals surface area contributed by atoms with Crippen molar-refractivity contribution in [1.82, 2.24) is 0 Å². The highest BCUT2D eigenvalue weighted by Crippen LogP contribution is 2.36. The Morgan fingerprint density at radius 2 is 0.375 bits per heavy atom. The second-order valence-corrected chi connectivity index (χ2v) is 3.77. The molecule has 0 aromatic rings. The van der Waals surface area contributed by atoms with E-state index in [1.807, 2.05) is 0 Å². The molecule has 0 aromatic heterocycles. The van der Waals surface area contributed by atoms with Gasteiger partial charge < -0.3 is 0 Å². The van der Waals surface area contributed by atoms with Crippen LogP contribution in [0.2, 0.25) is 0 Å². The number of halogens is 16. The minimum Gasteiger partial charge on any atom is -0.234 e. The molecule has 4 unspecified atom stereocenters. The summed E-state index contributed by atoms with van der Waals surface area (Å²) in [6, 6.07) is 0. The van der Waals surface area contributed by atoms with Crippen molar-refractivity contribution in [2.24, 2.45) is 0 Å². The molecule has 0 radical (unpaired) electrons. The quantitative estimate of drug-likeness (QED) is 0.528. The lowest BCUT2D eigenvalue weighted by Crippen LogP contribution is -2.42. The van der Waals surface area contributed by atoms with Crippen molar-refractivity contribution in [3.63, 3.8) is 0 Å². The number of rotatable bonds is 2. The summed E-state index contributed by atoms with van der Waals surface area (Å²) >= 11 is 0. The van der Waals surface area contributed by atoms with E-state index in [9.17, 15) is 70.2 Å². The summed E-state index contributed by atoms with van der Waals surface area (Å²) < 4.78 is 180. The van der Waals surface area contributed by atoms with Gasteiger partial charge in [-0.2, -0.15) is 52.7 Å². The second kappa shape index (κ2) is 7.84. The van der Waals surface area contributed by atoms with Gasteiger partial charge >= 0.3 is 24.7 Å². The maximum absolute atomic E-state index is 11.6. The molecule has 0 amide bonds. The molecular formula is C8H4F16. The van der Waals surface area contributed by atoms with Gasteiger partial charge in [-0.25, -0.2) is 17.6 Å². The topological polar surface area (TPSA) is 0 Å². The molecule has 0 rings (SSSR count). The van der Waals surface area contributed by atoms with Crippen LogP contribution in [-0.2, 0) is 0 Å². The Bertz CT molecular complexity index is 284. The third-order valence-electron chi connectivity index (χ3n) is 1.76. The fourth-order valence-electron chi connectivity index (χ4n) is 0.664. The molecule has 0 saturated carbocycles. The minimum absolute atomic E-state index is 4.52. The molecule has 0 aromatic carbocycles. The van der Waals surface area contributed by atoms with E-state index < -0.39 is 49.4 Å². The van der Waals surface area contributed by atoms with Crippen molar-refractivity contribution in [3.05, 3.63) is 0 Å². The molecule has 24 heavy (non-hydrogen) atoms. The molecule has 16 heteroatoms. The highest BCUT2D eigenvalue weighted by Gasteiger charge is 2.57. The van der Waals surface area contributed by atoms with Gasteiger partial charge in [0.2, 0.25) is 24.7 Å². The van der Waals surface area contributed by atoms with Crippen molar-refractivity contribution in [2.75, 3.05) is 0 Å². The van der Waals surface area contributed by atoms with Crippen LogP contribution in [-0.4, -0.2) is 49.4 Å². The predicted molar refractivity (Wildman–Crippen MR) is 43.8 cm³/mol. The second-order valence-electron chi connectivity index (χ2n) is 3.77. The van der Waals surface area contributed by atoms with Crippen molar-refractivity contribution in [2.45, 2.75) is 49.4 Å². The van der Waals surface area contributed by atoms with Gasteiger partial charge in [-0.3, -0.25) is 0 Å². The molecule has 0 fully saturated rings. The first kappa shape index (κ1) is 25.1. The zero-order valence-electron chi connectivity index (χ0n) is 10.4. The monoisotopic (exact) mass is 404 g/mol.